The molecule has 0 fully saturated rings. The number of ether oxygens (including phenoxy) is 1. The first-order chi connectivity index (χ1) is 5.68. The average molecular weight is 187 g/mol. The van der Waals surface area contributed by atoms with Crippen LogP contribution in [0.25, 0.3) is 0 Å². The standard InChI is InChI=1S/C8H11ClN2O/c1-6(10)5-12-7-2-3-8(9)11-4-7/h2-4,6H,5,10H2,1H3/t6-/m0/s1. The lowest BCUT2D eigenvalue weighted by atomic mass is 10.4. The van der Waals surface area contributed by atoms with Gasteiger partial charge >= 0.3 is 0 Å². The van der Waals surface area contributed by atoms with E-state index in [0.29, 0.717) is 17.5 Å². The van der Waals surface area contributed by atoms with Gasteiger partial charge in [-0.05, 0) is 19.1 Å². The van der Waals surface area contributed by atoms with E-state index >= 15 is 0 Å². The van der Waals surface area contributed by atoms with Gasteiger partial charge in [-0.1, -0.05) is 11.6 Å². The smallest absolute Gasteiger partial charge is 0.137 e. The molecule has 0 amide bonds. The topological polar surface area (TPSA) is 48.1 Å². The van der Waals surface area contributed by atoms with Crippen LogP contribution in [0.1, 0.15) is 6.92 Å². The van der Waals surface area contributed by atoms with Crippen molar-refractivity contribution in [2.45, 2.75) is 13.0 Å². The molecule has 0 radical (unpaired) electrons. The van der Waals surface area contributed by atoms with Gasteiger partial charge in [0.2, 0.25) is 0 Å². The molecule has 0 unspecified atom stereocenters. The van der Waals surface area contributed by atoms with Crippen LogP contribution in [0, 0.1) is 0 Å². The van der Waals surface area contributed by atoms with Crippen molar-refractivity contribution in [1.82, 2.24) is 4.98 Å². The third-order valence-corrected chi connectivity index (χ3v) is 1.44. The van der Waals surface area contributed by atoms with Gasteiger partial charge in [0.25, 0.3) is 0 Å². The van der Waals surface area contributed by atoms with Gasteiger partial charge in [-0.25, -0.2) is 4.98 Å². The van der Waals surface area contributed by atoms with Crippen molar-refractivity contribution in [1.29, 1.82) is 0 Å². The molecule has 0 bridgehead atoms. The fourth-order valence-electron chi connectivity index (χ4n) is 0.675. The van der Waals surface area contributed by atoms with E-state index in [2.05, 4.69) is 4.98 Å². The van der Waals surface area contributed by atoms with Gasteiger partial charge < -0.3 is 10.5 Å². The molecule has 0 aromatic carbocycles. The molecule has 0 aliphatic heterocycles. The lowest BCUT2D eigenvalue weighted by molar-refractivity contribution is 0.295. The second kappa shape index (κ2) is 4.28. The Hall–Kier alpha value is -0.800. The average Bonchev–Trinajstić information content (AvgIpc) is 2.03. The van der Waals surface area contributed by atoms with Crippen LogP contribution in [0.2, 0.25) is 5.15 Å². The molecule has 0 aliphatic carbocycles. The second-order valence-corrected chi connectivity index (χ2v) is 2.99. The quantitative estimate of drug-likeness (QED) is 0.728. The summed E-state index contributed by atoms with van der Waals surface area (Å²) < 4.78 is 5.28. The molecule has 1 aromatic heterocycles. The third-order valence-electron chi connectivity index (χ3n) is 1.21. The van der Waals surface area contributed by atoms with Crippen LogP contribution in [-0.4, -0.2) is 17.6 Å². The Morgan fingerprint density at radius 2 is 2.42 bits per heavy atom. The maximum atomic E-state index is 5.58. The van der Waals surface area contributed by atoms with Gasteiger partial charge in [-0.3, -0.25) is 0 Å². The molecule has 12 heavy (non-hydrogen) atoms. The normalized spacial score (nSPS) is 12.6. The largest absolute Gasteiger partial charge is 0.490 e. The molecule has 0 saturated carbocycles. The first kappa shape index (κ1) is 9.29. The van der Waals surface area contributed by atoms with E-state index in [-0.39, 0.29) is 6.04 Å². The first-order valence-electron chi connectivity index (χ1n) is 3.68. The van der Waals surface area contributed by atoms with E-state index in [9.17, 15) is 0 Å². The van der Waals surface area contributed by atoms with Gasteiger partial charge in [0.05, 0.1) is 6.20 Å². The van der Waals surface area contributed by atoms with E-state index in [1.165, 1.54) is 0 Å². The first-order valence-corrected chi connectivity index (χ1v) is 4.06. The number of aromatic nitrogens is 1. The van der Waals surface area contributed by atoms with E-state index in [1.54, 1.807) is 18.3 Å². The minimum absolute atomic E-state index is 0.0284. The summed E-state index contributed by atoms with van der Waals surface area (Å²) in [6.45, 7) is 2.37. The Labute approximate surface area is 76.5 Å². The molecule has 2 N–H and O–H groups in total. The number of rotatable bonds is 3. The van der Waals surface area contributed by atoms with Crippen LogP contribution in [0.15, 0.2) is 18.3 Å². The SMILES string of the molecule is C[C@H](N)COc1ccc(Cl)nc1. The van der Waals surface area contributed by atoms with Crippen molar-refractivity contribution in [3.05, 3.63) is 23.5 Å². The summed E-state index contributed by atoms with van der Waals surface area (Å²) in [6.07, 6.45) is 1.57. The van der Waals surface area contributed by atoms with Gasteiger partial charge in [0.1, 0.15) is 17.5 Å². The Bertz CT molecular complexity index is 235. The molecule has 3 nitrogen and oxygen atoms in total. The summed E-state index contributed by atoms with van der Waals surface area (Å²) >= 11 is 5.58. The highest BCUT2D eigenvalue weighted by atomic mass is 35.5. The summed E-state index contributed by atoms with van der Waals surface area (Å²) in [5.74, 6) is 0.691. The zero-order valence-corrected chi connectivity index (χ0v) is 7.58. The van der Waals surface area contributed by atoms with Gasteiger partial charge in [0, 0.05) is 6.04 Å². The molecule has 1 atom stereocenters. The molecule has 1 rings (SSSR count). The van der Waals surface area contributed by atoms with Crippen molar-refractivity contribution in [3.63, 3.8) is 0 Å². The molecule has 1 heterocycles. The van der Waals surface area contributed by atoms with E-state index in [0.717, 1.165) is 0 Å². The minimum Gasteiger partial charge on any atom is -0.490 e. The van der Waals surface area contributed by atoms with Gasteiger partial charge in [0.15, 0.2) is 0 Å². The summed E-state index contributed by atoms with van der Waals surface area (Å²) in [5.41, 5.74) is 5.50. The van der Waals surface area contributed by atoms with Crippen molar-refractivity contribution in [2.75, 3.05) is 6.61 Å². The predicted octanol–water partition coefficient (Wildman–Crippen LogP) is 1.46. The predicted molar refractivity (Wildman–Crippen MR) is 48.4 cm³/mol. The fourth-order valence-corrected chi connectivity index (χ4v) is 0.787. The second-order valence-electron chi connectivity index (χ2n) is 2.60. The number of hydrogen-bond donors (Lipinski definition) is 1. The highest BCUT2D eigenvalue weighted by molar-refractivity contribution is 6.29. The van der Waals surface area contributed by atoms with E-state index < -0.39 is 0 Å². The summed E-state index contributed by atoms with van der Waals surface area (Å²) in [7, 11) is 0. The number of hydrogen-bond acceptors (Lipinski definition) is 3. The monoisotopic (exact) mass is 186 g/mol. The van der Waals surface area contributed by atoms with Gasteiger partial charge in [-0.15, -0.1) is 0 Å². The summed E-state index contributed by atoms with van der Waals surface area (Å²) in [6, 6.07) is 3.47. The summed E-state index contributed by atoms with van der Waals surface area (Å²) in [4.78, 5) is 3.86. The molecular weight excluding hydrogens is 176 g/mol. The molecular formula is C8H11ClN2O. The Kier molecular flexibility index (Phi) is 3.31. The van der Waals surface area contributed by atoms with Crippen LogP contribution >= 0.6 is 11.6 Å². The maximum Gasteiger partial charge on any atom is 0.137 e. The molecule has 4 heteroatoms. The number of halogens is 1. The van der Waals surface area contributed by atoms with Crippen LogP contribution in [0.4, 0.5) is 0 Å². The fraction of sp³-hybridized carbons (Fsp3) is 0.375. The Balaban J connectivity index is 2.48. The maximum absolute atomic E-state index is 5.58. The molecule has 0 saturated heterocycles. The Morgan fingerprint density at radius 1 is 1.67 bits per heavy atom. The van der Waals surface area contributed by atoms with Crippen LogP contribution < -0.4 is 10.5 Å². The lowest BCUT2D eigenvalue weighted by Crippen LogP contribution is -2.23. The molecule has 0 spiro atoms. The van der Waals surface area contributed by atoms with Crippen LogP contribution in [-0.2, 0) is 0 Å². The summed E-state index contributed by atoms with van der Waals surface area (Å²) in [5, 5.41) is 0.461. The number of pyridine rings is 1. The number of nitrogens with zero attached hydrogens (tertiary/aromatic N) is 1. The van der Waals surface area contributed by atoms with Crippen molar-refractivity contribution < 1.29 is 4.74 Å². The lowest BCUT2D eigenvalue weighted by Gasteiger charge is -2.07. The van der Waals surface area contributed by atoms with E-state index in [4.69, 9.17) is 22.1 Å². The molecule has 0 aliphatic rings. The number of nitrogens with two attached hydrogens (primary N) is 1. The highest BCUT2D eigenvalue weighted by Crippen LogP contribution is 2.11. The zero-order valence-electron chi connectivity index (χ0n) is 6.83. The van der Waals surface area contributed by atoms with Crippen molar-refractivity contribution in [2.24, 2.45) is 5.73 Å². The van der Waals surface area contributed by atoms with Crippen LogP contribution in [0.3, 0.4) is 0 Å². The Morgan fingerprint density at radius 3 is 2.92 bits per heavy atom. The van der Waals surface area contributed by atoms with E-state index in [1.807, 2.05) is 6.92 Å². The zero-order chi connectivity index (χ0) is 8.97. The van der Waals surface area contributed by atoms with Crippen molar-refractivity contribution >= 4 is 11.6 Å². The van der Waals surface area contributed by atoms with Gasteiger partial charge in [-0.2, -0.15) is 0 Å². The third kappa shape index (κ3) is 3.07. The highest BCUT2D eigenvalue weighted by Gasteiger charge is 1.96. The minimum atomic E-state index is 0.0284. The molecule has 66 valence electrons. The molecule has 1 aromatic rings. The van der Waals surface area contributed by atoms with Crippen molar-refractivity contribution in [3.8, 4) is 5.75 Å². The van der Waals surface area contributed by atoms with Crippen LogP contribution in [0.5, 0.6) is 5.75 Å².